The summed E-state index contributed by atoms with van der Waals surface area (Å²) in [4.78, 5) is 4.09. The maximum atomic E-state index is 4.85. The van der Waals surface area contributed by atoms with Gasteiger partial charge in [0, 0.05) is 18.8 Å². The zero-order chi connectivity index (χ0) is 9.26. The summed E-state index contributed by atoms with van der Waals surface area (Å²) in [5, 5.41) is 7.90. The molecule has 2 rings (SSSR count). The molecule has 0 aromatic carbocycles. The molecule has 13 heavy (non-hydrogen) atoms. The van der Waals surface area contributed by atoms with Gasteiger partial charge in [0.05, 0.1) is 0 Å². The Labute approximate surface area is 75.4 Å². The van der Waals surface area contributed by atoms with Crippen LogP contribution in [0.15, 0.2) is 16.8 Å². The Hall–Kier alpha value is -1.65. The third-order valence-corrected chi connectivity index (χ3v) is 1.79. The SMILES string of the molecule is Cc1nc(Cn2nccc2C)no1. The lowest BCUT2D eigenvalue weighted by molar-refractivity contribution is 0.385. The van der Waals surface area contributed by atoms with Crippen LogP contribution in [0.3, 0.4) is 0 Å². The molecule has 0 N–H and O–H groups in total. The summed E-state index contributed by atoms with van der Waals surface area (Å²) in [6, 6.07) is 1.94. The Morgan fingerprint density at radius 2 is 2.31 bits per heavy atom. The highest BCUT2D eigenvalue weighted by atomic mass is 16.5. The first-order chi connectivity index (χ1) is 6.25. The maximum Gasteiger partial charge on any atom is 0.223 e. The second kappa shape index (κ2) is 3.01. The van der Waals surface area contributed by atoms with E-state index in [-0.39, 0.29) is 0 Å². The Bertz CT molecular complexity index is 404. The summed E-state index contributed by atoms with van der Waals surface area (Å²) in [6.45, 7) is 4.32. The topological polar surface area (TPSA) is 56.7 Å². The van der Waals surface area contributed by atoms with E-state index in [1.165, 1.54) is 0 Å². The van der Waals surface area contributed by atoms with Crippen LogP contribution in [-0.4, -0.2) is 19.9 Å². The summed E-state index contributed by atoms with van der Waals surface area (Å²) in [7, 11) is 0. The van der Waals surface area contributed by atoms with Crippen LogP contribution in [0.2, 0.25) is 0 Å². The predicted octanol–water partition coefficient (Wildman–Crippen LogP) is 0.931. The molecule has 0 atom stereocenters. The standard InChI is InChI=1S/C8H10N4O/c1-6-3-4-9-12(6)5-8-10-7(2)13-11-8/h3-4H,5H2,1-2H3. The minimum Gasteiger partial charge on any atom is -0.340 e. The van der Waals surface area contributed by atoms with Gasteiger partial charge in [-0.3, -0.25) is 4.68 Å². The average molecular weight is 178 g/mol. The second-order valence-corrected chi connectivity index (χ2v) is 2.86. The van der Waals surface area contributed by atoms with Gasteiger partial charge in [-0.15, -0.1) is 0 Å². The van der Waals surface area contributed by atoms with Crippen LogP contribution in [0.5, 0.6) is 0 Å². The molecule has 5 nitrogen and oxygen atoms in total. The molecule has 0 bridgehead atoms. The monoisotopic (exact) mass is 178 g/mol. The first-order valence-corrected chi connectivity index (χ1v) is 4.03. The van der Waals surface area contributed by atoms with E-state index in [4.69, 9.17) is 4.52 Å². The van der Waals surface area contributed by atoms with Crippen molar-refractivity contribution >= 4 is 0 Å². The van der Waals surface area contributed by atoms with Crippen molar-refractivity contribution in [1.29, 1.82) is 0 Å². The highest BCUT2D eigenvalue weighted by Crippen LogP contribution is 2.01. The lowest BCUT2D eigenvalue weighted by atomic mass is 10.5. The van der Waals surface area contributed by atoms with Crippen molar-refractivity contribution in [2.45, 2.75) is 20.4 Å². The van der Waals surface area contributed by atoms with Gasteiger partial charge in [-0.2, -0.15) is 10.1 Å². The van der Waals surface area contributed by atoms with Crippen LogP contribution in [0, 0.1) is 13.8 Å². The van der Waals surface area contributed by atoms with Gasteiger partial charge in [-0.25, -0.2) is 0 Å². The van der Waals surface area contributed by atoms with Crippen molar-refractivity contribution < 1.29 is 4.52 Å². The van der Waals surface area contributed by atoms with Gasteiger partial charge in [-0.1, -0.05) is 5.16 Å². The second-order valence-electron chi connectivity index (χ2n) is 2.86. The zero-order valence-corrected chi connectivity index (χ0v) is 7.56. The molecule has 0 spiro atoms. The lowest BCUT2D eigenvalue weighted by Gasteiger charge is -1.98. The van der Waals surface area contributed by atoms with Gasteiger partial charge in [-0.05, 0) is 13.0 Å². The van der Waals surface area contributed by atoms with E-state index in [0.29, 0.717) is 18.3 Å². The molecule has 2 heterocycles. The van der Waals surface area contributed by atoms with E-state index in [1.54, 1.807) is 13.1 Å². The maximum absolute atomic E-state index is 4.85. The first kappa shape index (κ1) is 7.97. The Morgan fingerprint density at radius 3 is 2.85 bits per heavy atom. The van der Waals surface area contributed by atoms with E-state index in [1.807, 2.05) is 17.7 Å². The molecule has 2 aromatic heterocycles. The molecular weight excluding hydrogens is 168 g/mol. The minimum absolute atomic E-state index is 0.566. The fraction of sp³-hybridized carbons (Fsp3) is 0.375. The van der Waals surface area contributed by atoms with Crippen molar-refractivity contribution in [3.8, 4) is 0 Å². The summed E-state index contributed by atoms with van der Waals surface area (Å²) >= 11 is 0. The van der Waals surface area contributed by atoms with Gasteiger partial charge in [0.15, 0.2) is 5.82 Å². The molecule has 0 fully saturated rings. The average Bonchev–Trinajstić information content (AvgIpc) is 2.64. The number of nitrogens with zero attached hydrogens (tertiary/aromatic N) is 4. The van der Waals surface area contributed by atoms with Crippen molar-refractivity contribution in [2.24, 2.45) is 0 Å². The minimum atomic E-state index is 0.566. The zero-order valence-electron chi connectivity index (χ0n) is 7.56. The van der Waals surface area contributed by atoms with Crippen molar-refractivity contribution in [3.63, 3.8) is 0 Å². The lowest BCUT2D eigenvalue weighted by Crippen LogP contribution is -2.04. The molecule has 0 radical (unpaired) electrons. The number of aromatic nitrogens is 4. The quantitative estimate of drug-likeness (QED) is 0.686. The highest BCUT2D eigenvalue weighted by Gasteiger charge is 2.04. The van der Waals surface area contributed by atoms with Crippen molar-refractivity contribution in [2.75, 3.05) is 0 Å². The van der Waals surface area contributed by atoms with Gasteiger partial charge in [0.2, 0.25) is 5.89 Å². The Morgan fingerprint density at radius 1 is 1.46 bits per heavy atom. The number of hydrogen-bond acceptors (Lipinski definition) is 4. The number of hydrogen-bond donors (Lipinski definition) is 0. The Kier molecular flexibility index (Phi) is 1.84. The molecule has 2 aromatic rings. The fourth-order valence-electron chi connectivity index (χ4n) is 1.10. The van der Waals surface area contributed by atoms with Gasteiger partial charge >= 0.3 is 0 Å². The molecule has 68 valence electrons. The van der Waals surface area contributed by atoms with Gasteiger partial charge < -0.3 is 4.52 Å². The first-order valence-electron chi connectivity index (χ1n) is 4.03. The summed E-state index contributed by atoms with van der Waals surface area (Å²) < 4.78 is 6.67. The van der Waals surface area contributed by atoms with Crippen molar-refractivity contribution in [1.82, 2.24) is 19.9 Å². The van der Waals surface area contributed by atoms with Crippen LogP contribution in [0.1, 0.15) is 17.4 Å². The van der Waals surface area contributed by atoms with E-state index >= 15 is 0 Å². The molecule has 0 aliphatic carbocycles. The fourth-order valence-corrected chi connectivity index (χ4v) is 1.10. The van der Waals surface area contributed by atoms with Crippen LogP contribution < -0.4 is 0 Å². The van der Waals surface area contributed by atoms with Gasteiger partial charge in [0.25, 0.3) is 0 Å². The normalized spacial score (nSPS) is 10.6. The third-order valence-electron chi connectivity index (χ3n) is 1.79. The van der Waals surface area contributed by atoms with Crippen molar-refractivity contribution in [3.05, 3.63) is 29.7 Å². The molecule has 0 aliphatic rings. The number of aryl methyl sites for hydroxylation is 2. The van der Waals surface area contributed by atoms with E-state index in [9.17, 15) is 0 Å². The highest BCUT2D eigenvalue weighted by molar-refractivity contribution is 4.98. The van der Waals surface area contributed by atoms with Gasteiger partial charge in [0.1, 0.15) is 6.54 Å². The third kappa shape index (κ3) is 1.58. The largest absolute Gasteiger partial charge is 0.340 e. The molecule has 0 unspecified atom stereocenters. The molecule has 0 amide bonds. The van der Waals surface area contributed by atoms with Crippen LogP contribution in [0.4, 0.5) is 0 Å². The summed E-state index contributed by atoms with van der Waals surface area (Å²) in [6.07, 6.45) is 1.75. The summed E-state index contributed by atoms with van der Waals surface area (Å²) in [5.41, 5.74) is 1.09. The molecule has 0 saturated carbocycles. The molecule has 0 aliphatic heterocycles. The van der Waals surface area contributed by atoms with Crippen LogP contribution >= 0.6 is 0 Å². The number of rotatable bonds is 2. The van der Waals surface area contributed by atoms with E-state index in [0.717, 1.165) is 5.69 Å². The van der Waals surface area contributed by atoms with E-state index < -0.39 is 0 Å². The summed E-state index contributed by atoms with van der Waals surface area (Å²) in [5.74, 6) is 1.24. The predicted molar refractivity (Wildman–Crippen MR) is 45.1 cm³/mol. The smallest absolute Gasteiger partial charge is 0.223 e. The molecule has 5 heteroatoms. The van der Waals surface area contributed by atoms with E-state index in [2.05, 4.69) is 15.2 Å². The Balaban J connectivity index is 2.19. The molecule has 0 saturated heterocycles. The molecular formula is C8H10N4O. The van der Waals surface area contributed by atoms with Crippen LogP contribution in [-0.2, 0) is 6.54 Å². The van der Waals surface area contributed by atoms with Crippen LogP contribution in [0.25, 0.3) is 0 Å².